The average Bonchev–Trinajstić information content (AvgIpc) is 2.52. The van der Waals surface area contributed by atoms with E-state index >= 15 is 0 Å². The quantitative estimate of drug-likeness (QED) is 0.598. The number of ether oxygens (including phenoxy) is 1. The van der Waals surface area contributed by atoms with E-state index in [2.05, 4.69) is 48.0 Å². The van der Waals surface area contributed by atoms with E-state index in [9.17, 15) is 0 Å². The molecule has 0 amide bonds. The summed E-state index contributed by atoms with van der Waals surface area (Å²) < 4.78 is 6.17. The smallest absolute Gasteiger partial charge is 0.149 e. The largest absolute Gasteiger partial charge is 0.486 e. The highest BCUT2D eigenvalue weighted by atomic mass is 16.5. The summed E-state index contributed by atoms with van der Waals surface area (Å²) in [7, 11) is 0. The Hall–Kier alpha value is -2.61. The lowest BCUT2D eigenvalue weighted by Crippen LogP contribution is -2.07. The van der Waals surface area contributed by atoms with Gasteiger partial charge < -0.3 is 4.74 Å². The molecule has 2 aromatic carbocycles. The molecule has 0 unspecified atom stereocenters. The molecule has 2 heterocycles. The third-order valence-corrected chi connectivity index (χ3v) is 4.21. The van der Waals surface area contributed by atoms with E-state index in [0.29, 0.717) is 6.61 Å². The molecule has 0 spiro atoms. The normalized spacial score (nSPS) is 13.8. The molecule has 0 saturated heterocycles. The van der Waals surface area contributed by atoms with E-state index < -0.39 is 0 Å². The molecule has 108 valence electrons. The zero-order chi connectivity index (χ0) is 15.1. The summed E-state index contributed by atoms with van der Waals surface area (Å²) in [6, 6.07) is 16.7. The van der Waals surface area contributed by atoms with E-state index in [1.165, 1.54) is 11.1 Å². The maximum Gasteiger partial charge on any atom is 0.149 e. The van der Waals surface area contributed by atoms with Gasteiger partial charge >= 0.3 is 0 Å². The third-order valence-electron chi connectivity index (χ3n) is 4.21. The maximum absolute atomic E-state index is 6.17. The van der Waals surface area contributed by atoms with Crippen LogP contribution in [0.4, 0.5) is 0 Å². The third kappa shape index (κ3) is 2.08. The van der Waals surface area contributed by atoms with Crippen LogP contribution < -0.4 is 4.74 Å². The van der Waals surface area contributed by atoms with Gasteiger partial charge in [-0.2, -0.15) is 0 Å². The molecule has 1 aliphatic heterocycles. The molecule has 1 aliphatic rings. The predicted molar refractivity (Wildman–Crippen MR) is 90.0 cm³/mol. The number of benzene rings is 2. The van der Waals surface area contributed by atoms with Gasteiger partial charge in [-0.3, -0.25) is 0 Å². The first kappa shape index (κ1) is 13.1. The Balaban J connectivity index is 1.90. The number of allylic oxidation sites excluding steroid dienone is 1. The van der Waals surface area contributed by atoms with Crippen molar-refractivity contribution in [2.24, 2.45) is 0 Å². The number of nitrogens with zero attached hydrogens (tertiary/aromatic N) is 1. The molecule has 0 aliphatic carbocycles. The summed E-state index contributed by atoms with van der Waals surface area (Å²) in [5, 5.41) is 1.11. The number of aryl methyl sites for hydroxylation is 1. The van der Waals surface area contributed by atoms with Gasteiger partial charge in [-0.05, 0) is 29.7 Å². The Labute approximate surface area is 130 Å². The van der Waals surface area contributed by atoms with Gasteiger partial charge in [-0.1, -0.05) is 49.0 Å². The highest BCUT2D eigenvalue weighted by molar-refractivity contribution is 5.87. The molecule has 3 aromatic rings. The molecule has 0 fully saturated rings. The van der Waals surface area contributed by atoms with Crippen molar-refractivity contribution in [2.45, 2.75) is 20.0 Å². The van der Waals surface area contributed by atoms with Crippen LogP contribution in [-0.2, 0) is 13.0 Å². The molecule has 22 heavy (non-hydrogen) atoms. The number of pyridine rings is 1. The SMILES string of the molecule is C=C1Cc2ccc3ccc(C)nc3c2OCc2ccccc21. The van der Waals surface area contributed by atoms with E-state index in [1.807, 2.05) is 19.1 Å². The first-order valence-corrected chi connectivity index (χ1v) is 7.50. The van der Waals surface area contributed by atoms with Gasteiger partial charge in [-0.15, -0.1) is 0 Å². The van der Waals surface area contributed by atoms with Crippen molar-refractivity contribution >= 4 is 16.5 Å². The molecular weight excluding hydrogens is 270 g/mol. The van der Waals surface area contributed by atoms with Crippen molar-refractivity contribution in [3.05, 3.63) is 77.5 Å². The minimum Gasteiger partial charge on any atom is -0.486 e. The van der Waals surface area contributed by atoms with Gasteiger partial charge in [0.1, 0.15) is 17.9 Å². The monoisotopic (exact) mass is 287 g/mol. The van der Waals surface area contributed by atoms with Crippen molar-refractivity contribution in [3.8, 4) is 5.75 Å². The molecule has 2 nitrogen and oxygen atoms in total. The second kappa shape index (κ2) is 4.99. The molecule has 0 N–H and O–H groups in total. The lowest BCUT2D eigenvalue weighted by molar-refractivity contribution is 0.305. The maximum atomic E-state index is 6.17. The molecular formula is C20H17NO. The fraction of sp³-hybridized carbons (Fsp3) is 0.150. The predicted octanol–water partition coefficient (Wildman–Crippen LogP) is 4.69. The van der Waals surface area contributed by atoms with Gasteiger partial charge in [0.2, 0.25) is 0 Å². The summed E-state index contributed by atoms with van der Waals surface area (Å²) in [6.45, 7) is 6.84. The second-order valence-electron chi connectivity index (χ2n) is 5.80. The summed E-state index contributed by atoms with van der Waals surface area (Å²) >= 11 is 0. The topological polar surface area (TPSA) is 22.1 Å². The Morgan fingerprint density at radius 1 is 1.00 bits per heavy atom. The average molecular weight is 287 g/mol. The highest BCUT2D eigenvalue weighted by Crippen LogP contribution is 2.35. The van der Waals surface area contributed by atoms with Crippen LogP contribution in [0.15, 0.2) is 55.1 Å². The summed E-state index contributed by atoms with van der Waals surface area (Å²) in [4.78, 5) is 4.69. The van der Waals surface area contributed by atoms with Crippen LogP contribution in [0.5, 0.6) is 5.75 Å². The van der Waals surface area contributed by atoms with Crippen LogP contribution in [0.2, 0.25) is 0 Å². The number of aromatic nitrogens is 1. The molecule has 0 atom stereocenters. The molecule has 0 bridgehead atoms. The fourth-order valence-corrected chi connectivity index (χ4v) is 3.07. The Morgan fingerprint density at radius 2 is 1.82 bits per heavy atom. The van der Waals surface area contributed by atoms with Crippen molar-refractivity contribution < 1.29 is 4.74 Å². The van der Waals surface area contributed by atoms with Crippen molar-refractivity contribution in [2.75, 3.05) is 0 Å². The van der Waals surface area contributed by atoms with Crippen LogP contribution in [0.25, 0.3) is 16.5 Å². The standard InChI is InChI=1S/C20H17NO/c1-13-11-16-10-9-15-8-7-14(2)21-19(15)20(16)22-12-17-5-3-4-6-18(13)17/h3-10H,1,11-12H2,2H3. The lowest BCUT2D eigenvalue weighted by atomic mass is 9.93. The Morgan fingerprint density at radius 3 is 2.73 bits per heavy atom. The van der Waals surface area contributed by atoms with Crippen molar-refractivity contribution in [1.29, 1.82) is 0 Å². The zero-order valence-corrected chi connectivity index (χ0v) is 12.6. The summed E-state index contributed by atoms with van der Waals surface area (Å²) in [5.74, 6) is 0.900. The molecule has 0 radical (unpaired) electrons. The highest BCUT2D eigenvalue weighted by Gasteiger charge is 2.17. The van der Waals surface area contributed by atoms with Crippen LogP contribution in [0.3, 0.4) is 0 Å². The number of fused-ring (bicyclic) bond motifs is 4. The number of rotatable bonds is 0. The van der Waals surface area contributed by atoms with E-state index in [1.54, 1.807) is 0 Å². The van der Waals surface area contributed by atoms with Gasteiger partial charge in [-0.25, -0.2) is 4.98 Å². The van der Waals surface area contributed by atoms with Crippen LogP contribution in [0, 0.1) is 6.92 Å². The fourth-order valence-electron chi connectivity index (χ4n) is 3.07. The van der Waals surface area contributed by atoms with Crippen LogP contribution >= 0.6 is 0 Å². The first-order valence-electron chi connectivity index (χ1n) is 7.50. The molecule has 1 aromatic heterocycles. The number of hydrogen-bond donors (Lipinski definition) is 0. The van der Waals surface area contributed by atoms with Crippen LogP contribution in [0.1, 0.15) is 22.4 Å². The minimum absolute atomic E-state index is 0.553. The zero-order valence-electron chi connectivity index (χ0n) is 12.6. The van der Waals surface area contributed by atoms with Gasteiger partial charge in [0.05, 0.1) is 0 Å². The summed E-state index contributed by atoms with van der Waals surface area (Å²) in [5.41, 5.74) is 6.63. The van der Waals surface area contributed by atoms with Crippen molar-refractivity contribution in [1.82, 2.24) is 4.98 Å². The minimum atomic E-state index is 0.553. The van der Waals surface area contributed by atoms with Crippen LogP contribution in [-0.4, -0.2) is 4.98 Å². The molecule has 0 saturated carbocycles. The van der Waals surface area contributed by atoms with Crippen molar-refractivity contribution in [3.63, 3.8) is 0 Å². The van der Waals surface area contributed by atoms with Gasteiger partial charge in [0.15, 0.2) is 0 Å². The van der Waals surface area contributed by atoms with E-state index in [4.69, 9.17) is 4.74 Å². The summed E-state index contributed by atoms with van der Waals surface area (Å²) in [6.07, 6.45) is 0.790. The Bertz CT molecular complexity index is 895. The van der Waals surface area contributed by atoms with Gasteiger partial charge in [0, 0.05) is 23.1 Å². The lowest BCUT2D eigenvalue weighted by Gasteiger charge is -2.20. The Kier molecular flexibility index (Phi) is 2.97. The first-order chi connectivity index (χ1) is 10.7. The van der Waals surface area contributed by atoms with Gasteiger partial charge in [0.25, 0.3) is 0 Å². The molecule has 2 heteroatoms. The van der Waals surface area contributed by atoms with E-state index in [-0.39, 0.29) is 0 Å². The second-order valence-corrected chi connectivity index (χ2v) is 5.80. The van der Waals surface area contributed by atoms with E-state index in [0.717, 1.165) is 39.9 Å². The molecule has 4 rings (SSSR count). The number of hydrogen-bond acceptors (Lipinski definition) is 2.